The Hall–Kier alpha value is -1.84. The van der Waals surface area contributed by atoms with E-state index in [0.717, 1.165) is 26.9 Å². The first-order chi connectivity index (χ1) is 10.5. The smallest absolute Gasteiger partial charge is 0.267 e. The van der Waals surface area contributed by atoms with E-state index in [1.807, 2.05) is 51.1 Å². The highest BCUT2D eigenvalue weighted by Gasteiger charge is 2.17. The molecule has 3 rings (SSSR count). The van der Waals surface area contributed by atoms with Crippen LogP contribution >= 0.6 is 22.9 Å². The molecule has 4 heteroatoms. The first-order valence-electron chi connectivity index (χ1n) is 7.03. The largest absolute Gasteiger partial charge is 0.321 e. The van der Waals surface area contributed by atoms with Crippen molar-refractivity contribution in [2.45, 2.75) is 20.8 Å². The molecule has 0 saturated carbocycles. The molecule has 1 aromatic heterocycles. The highest BCUT2D eigenvalue weighted by atomic mass is 35.5. The summed E-state index contributed by atoms with van der Waals surface area (Å²) >= 11 is 7.82. The van der Waals surface area contributed by atoms with Crippen LogP contribution in [0.5, 0.6) is 0 Å². The van der Waals surface area contributed by atoms with Crippen LogP contribution in [0, 0.1) is 20.8 Å². The summed E-state index contributed by atoms with van der Waals surface area (Å²) in [6.07, 6.45) is 0. The fourth-order valence-electron chi connectivity index (χ4n) is 2.45. The molecule has 0 aliphatic heterocycles. The van der Waals surface area contributed by atoms with Crippen molar-refractivity contribution in [1.29, 1.82) is 0 Å². The Kier molecular flexibility index (Phi) is 3.94. The van der Waals surface area contributed by atoms with Gasteiger partial charge in [-0.3, -0.25) is 4.79 Å². The van der Waals surface area contributed by atoms with Gasteiger partial charge >= 0.3 is 0 Å². The summed E-state index contributed by atoms with van der Waals surface area (Å²) in [6, 6.07) is 12.0. The summed E-state index contributed by atoms with van der Waals surface area (Å²) in [6.45, 7) is 6.05. The van der Waals surface area contributed by atoms with Crippen molar-refractivity contribution in [3.05, 3.63) is 63.0 Å². The molecule has 1 amide bonds. The Labute approximate surface area is 138 Å². The SMILES string of the molecule is Cc1ccc(NC(=O)c2sc3cc(C)ccc3c2Cl)c(C)c1. The van der Waals surface area contributed by atoms with Gasteiger partial charge in [-0.2, -0.15) is 0 Å². The molecule has 22 heavy (non-hydrogen) atoms. The standard InChI is InChI=1S/C18H16ClNOS/c1-10-5-7-14(12(3)8-10)20-18(21)17-16(19)13-6-4-11(2)9-15(13)22-17/h4-9H,1-3H3,(H,20,21). The topological polar surface area (TPSA) is 29.1 Å². The Balaban J connectivity index is 1.97. The van der Waals surface area contributed by atoms with Crippen LogP contribution in [0.25, 0.3) is 10.1 Å². The molecule has 3 aromatic rings. The van der Waals surface area contributed by atoms with E-state index in [1.165, 1.54) is 16.9 Å². The zero-order valence-corrected chi connectivity index (χ0v) is 14.2. The number of rotatable bonds is 2. The Morgan fingerprint density at radius 3 is 2.45 bits per heavy atom. The maximum atomic E-state index is 12.5. The number of nitrogens with one attached hydrogen (secondary N) is 1. The zero-order chi connectivity index (χ0) is 15.9. The lowest BCUT2D eigenvalue weighted by atomic mass is 10.1. The van der Waals surface area contributed by atoms with E-state index in [0.29, 0.717) is 9.90 Å². The molecule has 0 atom stereocenters. The molecule has 0 spiro atoms. The average Bonchev–Trinajstić information content (AvgIpc) is 2.78. The van der Waals surface area contributed by atoms with Gasteiger partial charge < -0.3 is 5.32 Å². The molecule has 0 aliphatic rings. The third kappa shape index (κ3) is 2.74. The van der Waals surface area contributed by atoms with Crippen LogP contribution < -0.4 is 5.32 Å². The van der Waals surface area contributed by atoms with E-state index in [4.69, 9.17) is 11.6 Å². The van der Waals surface area contributed by atoms with Gasteiger partial charge in [0, 0.05) is 15.8 Å². The van der Waals surface area contributed by atoms with Crippen LogP contribution in [0.15, 0.2) is 36.4 Å². The van der Waals surface area contributed by atoms with Crippen LogP contribution in [0.2, 0.25) is 5.02 Å². The molecule has 1 N–H and O–H groups in total. The summed E-state index contributed by atoms with van der Waals surface area (Å²) in [4.78, 5) is 13.1. The van der Waals surface area contributed by atoms with Gasteiger partial charge in [-0.05, 0) is 44.0 Å². The quantitative estimate of drug-likeness (QED) is 0.639. The number of fused-ring (bicyclic) bond motifs is 1. The van der Waals surface area contributed by atoms with Gasteiger partial charge in [-0.25, -0.2) is 0 Å². The average molecular weight is 330 g/mol. The molecule has 0 saturated heterocycles. The number of carbonyl (C=O) groups is 1. The molecule has 0 radical (unpaired) electrons. The molecule has 112 valence electrons. The minimum atomic E-state index is -0.157. The second-order valence-electron chi connectivity index (χ2n) is 5.52. The fraction of sp³-hybridized carbons (Fsp3) is 0.167. The number of amides is 1. The van der Waals surface area contributed by atoms with Crippen molar-refractivity contribution in [2.75, 3.05) is 5.32 Å². The van der Waals surface area contributed by atoms with Crippen LogP contribution in [-0.4, -0.2) is 5.91 Å². The Morgan fingerprint density at radius 1 is 1.05 bits per heavy atom. The summed E-state index contributed by atoms with van der Waals surface area (Å²) < 4.78 is 1.04. The molecule has 0 bridgehead atoms. The second-order valence-corrected chi connectivity index (χ2v) is 6.95. The van der Waals surface area contributed by atoms with Crippen LogP contribution in [0.4, 0.5) is 5.69 Å². The number of anilines is 1. The van der Waals surface area contributed by atoms with Crippen molar-refractivity contribution >= 4 is 44.6 Å². The fourth-order valence-corrected chi connectivity index (χ4v) is 3.96. The lowest BCUT2D eigenvalue weighted by Gasteiger charge is -2.08. The highest BCUT2D eigenvalue weighted by molar-refractivity contribution is 7.21. The number of aryl methyl sites for hydroxylation is 3. The third-order valence-corrected chi connectivity index (χ3v) is 5.28. The van der Waals surface area contributed by atoms with E-state index >= 15 is 0 Å². The number of hydrogen-bond acceptors (Lipinski definition) is 2. The Morgan fingerprint density at radius 2 is 1.73 bits per heavy atom. The minimum absolute atomic E-state index is 0.157. The lowest BCUT2D eigenvalue weighted by Crippen LogP contribution is -2.11. The molecular formula is C18H16ClNOS. The summed E-state index contributed by atoms with van der Waals surface area (Å²) in [5.74, 6) is -0.157. The predicted octanol–water partition coefficient (Wildman–Crippen LogP) is 5.73. The number of halogens is 1. The highest BCUT2D eigenvalue weighted by Crippen LogP contribution is 2.36. The molecule has 0 aliphatic carbocycles. The molecule has 0 fully saturated rings. The van der Waals surface area contributed by atoms with E-state index in [9.17, 15) is 4.79 Å². The van der Waals surface area contributed by atoms with Crippen molar-refractivity contribution in [3.63, 3.8) is 0 Å². The van der Waals surface area contributed by atoms with Gasteiger partial charge in [0.15, 0.2) is 0 Å². The number of thiophene rings is 1. The number of carbonyl (C=O) groups excluding carboxylic acids is 1. The van der Waals surface area contributed by atoms with Crippen LogP contribution in [-0.2, 0) is 0 Å². The third-order valence-electron chi connectivity index (χ3n) is 3.62. The van der Waals surface area contributed by atoms with Gasteiger partial charge in [-0.1, -0.05) is 41.4 Å². The van der Waals surface area contributed by atoms with Gasteiger partial charge in [0.2, 0.25) is 0 Å². The van der Waals surface area contributed by atoms with E-state index in [1.54, 1.807) is 0 Å². The second kappa shape index (κ2) is 5.75. The number of benzene rings is 2. The van der Waals surface area contributed by atoms with Gasteiger partial charge in [0.05, 0.1) is 5.02 Å². The van der Waals surface area contributed by atoms with E-state index in [-0.39, 0.29) is 5.91 Å². The maximum absolute atomic E-state index is 12.5. The van der Waals surface area contributed by atoms with Crippen LogP contribution in [0.3, 0.4) is 0 Å². The maximum Gasteiger partial charge on any atom is 0.267 e. The van der Waals surface area contributed by atoms with Gasteiger partial charge in [0.1, 0.15) is 4.88 Å². The monoisotopic (exact) mass is 329 g/mol. The molecule has 1 heterocycles. The number of hydrogen-bond donors (Lipinski definition) is 1. The predicted molar refractivity (Wildman–Crippen MR) is 95.4 cm³/mol. The van der Waals surface area contributed by atoms with Crippen LogP contribution in [0.1, 0.15) is 26.4 Å². The Bertz CT molecular complexity index is 882. The van der Waals surface area contributed by atoms with Crippen molar-refractivity contribution < 1.29 is 4.79 Å². The van der Waals surface area contributed by atoms with Gasteiger partial charge in [0.25, 0.3) is 5.91 Å². The lowest BCUT2D eigenvalue weighted by molar-refractivity contribution is 0.103. The summed E-state index contributed by atoms with van der Waals surface area (Å²) in [5.41, 5.74) is 4.19. The molecule has 2 nitrogen and oxygen atoms in total. The van der Waals surface area contributed by atoms with Crippen molar-refractivity contribution in [3.8, 4) is 0 Å². The van der Waals surface area contributed by atoms with Gasteiger partial charge in [-0.15, -0.1) is 11.3 Å². The molecule has 2 aromatic carbocycles. The minimum Gasteiger partial charge on any atom is -0.321 e. The van der Waals surface area contributed by atoms with Crippen molar-refractivity contribution in [2.24, 2.45) is 0 Å². The molecule has 0 unspecified atom stereocenters. The normalized spacial score (nSPS) is 10.9. The van der Waals surface area contributed by atoms with E-state index < -0.39 is 0 Å². The zero-order valence-electron chi connectivity index (χ0n) is 12.7. The van der Waals surface area contributed by atoms with E-state index in [2.05, 4.69) is 11.4 Å². The molecular weight excluding hydrogens is 314 g/mol. The summed E-state index contributed by atoms with van der Waals surface area (Å²) in [5, 5.41) is 4.42. The first-order valence-corrected chi connectivity index (χ1v) is 8.22. The van der Waals surface area contributed by atoms with Crippen molar-refractivity contribution in [1.82, 2.24) is 0 Å². The first kappa shape index (κ1) is 15.1. The summed E-state index contributed by atoms with van der Waals surface area (Å²) in [7, 11) is 0.